The second-order valence-electron chi connectivity index (χ2n) is 4.52. The van der Waals surface area contributed by atoms with Crippen molar-refractivity contribution in [2.24, 2.45) is 5.10 Å². The molecule has 2 aromatic rings. The minimum absolute atomic E-state index is 0.0837. The first-order chi connectivity index (χ1) is 10.6. The minimum Gasteiger partial charge on any atom is -0.273 e. The van der Waals surface area contributed by atoms with Gasteiger partial charge in [0, 0.05) is 0 Å². The molecule has 0 fully saturated rings. The molecule has 1 heterocycles. The van der Waals surface area contributed by atoms with Gasteiger partial charge in [-0.05, 0) is 17.5 Å². The fraction of sp³-hybridized carbons (Fsp3) is 0.214. The van der Waals surface area contributed by atoms with Crippen LogP contribution in [0.5, 0.6) is 0 Å². The van der Waals surface area contributed by atoms with Crippen LogP contribution < -0.4 is 16.7 Å². The fourth-order valence-electron chi connectivity index (χ4n) is 1.70. The molecule has 2 rings (SSSR count). The average Bonchev–Trinajstić information content (AvgIpc) is 2.51. The normalized spacial score (nSPS) is 10.8. The van der Waals surface area contributed by atoms with Crippen molar-refractivity contribution in [3.63, 3.8) is 0 Å². The van der Waals surface area contributed by atoms with Crippen LogP contribution >= 0.6 is 0 Å². The summed E-state index contributed by atoms with van der Waals surface area (Å²) >= 11 is 0. The molecule has 0 radical (unpaired) electrons. The number of carbonyl (C=O) groups is 1. The lowest BCUT2D eigenvalue weighted by Crippen LogP contribution is -2.31. The van der Waals surface area contributed by atoms with Crippen molar-refractivity contribution in [3.8, 4) is 0 Å². The summed E-state index contributed by atoms with van der Waals surface area (Å²) in [5.41, 5.74) is 2.85. The fourth-order valence-corrected chi connectivity index (χ4v) is 1.70. The van der Waals surface area contributed by atoms with Gasteiger partial charge in [0.25, 0.3) is 5.56 Å². The highest BCUT2D eigenvalue weighted by atomic mass is 16.2. The first-order valence-electron chi connectivity index (χ1n) is 6.67. The van der Waals surface area contributed by atoms with E-state index in [1.165, 1.54) is 11.8 Å². The van der Waals surface area contributed by atoms with E-state index in [-0.39, 0.29) is 12.1 Å². The van der Waals surface area contributed by atoms with Gasteiger partial charge < -0.3 is 0 Å². The number of hydrazone groups is 1. The maximum absolute atomic E-state index is 11.6. The highest BCUT2D eigenvalue weighted by molar-refractivity contribution is 5.83. The quantitative estimate of drug-likeness (QED) is 0.519. The summed E-state index contributed by atoms with van der Waals surface area (Å²) in [6.07, 6.45) is 2.18. The van der Waals surface area contributed by atoms with Crippen LogP contribution in [0, 0.1) is 0 Å². The number of aromatic nitrogens is 3. The summed E-state index contributed by atoms with van der Waals surface area (Å²) < 4.78 is 0. The van der Waals surface area contributed by atoms with Crippen LogP contribution in [-0.4, -0.2) is 27.3 Å². The second-order valence-corrected chi connectivity index (χ2v) is 4.52. The molecule has 0 atom stereocenters. The van der Waals surface area contributed by atoms with Crippen LogP contribution in [0.2, 0.25) is 0 Å². The SMILES string of the molecule is CCc1ccc(/C=N\NC(=O)Cc2n[nH]c(=O)[nH]c2=O)cc1. The number of benzene rings is 1. The van der Waals surface area contributed by atoms with Gasteiger partial charge in [-0.15, -0.1) is 0 Å². The number of aromatic amines is 2. The Morgan fingerprint density at radius 3 is 2.68 bits per heavy atom. The van der Waals surface area contributed by atoms with Crippen LogP contribution in [0.3, 0.4) is 0 Å². The Balaban J connectivity index is 1.93. The van der Waals surface area contributed by atoms with E-state index < -0.39 is 17.2 Å². The molecule has 3 N–H and O–H groups in total. The summed E-state index contributed by atoms with van der Waals surface area (Å²) in [4.78, 5) is 35.8. The number of H-pyrrole nitrogens is 2. The lowest BCUT2D eigenvalue weighted by molar-refractivity contribution is -0.120. The Bertz CT molecular complexity index is 789. The number of amides is 1. The third-order valence-electron chi connectivity index (χ3n) is 2.90. The van der Waals surface area contributed by atoms with Gasteiger partial charge in [-0.25, -0.2) is 15.3 Å². The molecule has 0 unspecified atom stereocenters. The molecular formula is C14H15N5O3. The van der Waals surface area contributed by atoms with Crippen molar-refractivity contribution < 1.29 is 4.79 Å². The van der Waals surface area contributed by atoms with E-state index in [9.17, 15) is 14.4 Å². The van der Waals surface area contributed by atoms with Crippen molar-refractivity contribution >= 4 is 12.1 Å². The predicted octanol–water partition coefficient (Wildman–Crippen LogP) is -0.287. The van der Waals surface area contributed by atoms with Gasteiger partial charge in [-0.2, -0.15) is 10.2 Å². The average molecular weight is 301 g/mol. The molecule has 0 aliphatic heterocycles. The molecule has 1 aromatic carbocycles. The molecule has 22 heavy (non-hydrogen) atoms. The van der Waals surface area contributed by atoms with Gasteiger partial charge in [-0.1, -0.05) is 31.2 Å². The van der Waals surface area contributed by atoms with Gasteiger partial charge >= 0.3 is 5.69 Å². The van der Waals surface area contributed by atoms with Crippen molar-refractivity contribution in [2.45, 2.75) is 19.8 Å². The van der Waals surface area contributed by atoms with Crippen LogP contribution in [0.25, 0.3) is 0 Å². The Morgan fingerprint density at radius 2 is 2.05 bits per heavy atom. The number of carbonyl (C=O) groups excluding carboxylic acids is 1. The highest BCUT2D eigenvalue weighted by Crippen LogP contribution is 2.02. The smallest absolute Gasteiger partial charge is 0.273 e. The molecule has 1 amide bonds. The van der Waals surface area contributed by atoms with Gasteiger partial charge in [0.1, 0.15) is 5.69 Å². The number of rotatable bonds is 5. The molecule has 0 saturated carbocycles. The zero-order valence-corrected chi connectivity index (χ0v) is 11.9. The highest BCUT2D eigenvalue weighted by Gasteiger charge is 2.08. The predicted molar refractivity (Wildman–Crippen MR) is 80.7 cm³/mol. The third-order valence-corrected chi connectivity index (χ3v) is 2.90. The number of nitrogens with zero attached hydrogens (tertiary/aromatic N) is 2. The maximum atomic E-state index is 11.6. The van der Waals surface area contributed by atoms with Crippen molar-refractivity contribution in [1.29, 1.82) is 0 Å². The van der Waals surface area contributed by atoms with Crippen molar-refractivity contribution in [3.05, 3.63) is 61.9 Å². The standard InChI is InChI=1S/C14H15N5O3/c1-2-9-3-5-10(6-4-9)8-15-18-12(20)7-11-13(21)16-14(22)19-17-11/h3-6,8H,2,7H2,1H3,(H,18,20)(H2,16,19,21,22)/b15-8-. The summed E-state index contributed by atoms with van der Waals surface area (Å²) in [6, 6.07) is 7.74. The molecule has 0 bridgehead atoms. The first kappa shape index (κ1) is 15.4. The molecule has 8 heteroatoms. The van der Waals surface area contributed by atoms with E-state index in [2.05, 4.69) is 27.6 Å². The van der Waals surface area contributed by atoms with E-state index in [0.29, 0.717) is 0 Å². The number of nitrogens with one attached hydrogen (secondary N) is 3. The zero-order valence-electron chi connectivity index (χ0n) is 11.9. The Hall–Kier alpha value is -3.03. The van der Waals surface area contributed by atoms with E-state index in [0.717, 1.165) is 12.0 Å². The topological polar surface area (TPSA) is 120 Å². The molecule has 0 saturated heterocycles. The Labute approximate surface area is 125 Å². The summed E-state index contributed by atoms with van der Waals surface area (Å²) in [6.45, 7) is 2.07. The van der Waals surface area contributed by atoms with Crippen LogP contribution in [-0.2, 0) is 17.6 Å². The first-order valence-corrected chi connectivity index (χ1v) is 6.67. The van der Waals surface area contributed by atoms with Gasteiger partial charge in [0.05, 0.1) is 12.6 Å². The second kappa shape index (κ2) is 7.11. The van der Waals surface area contributed by atoms with E-state index in [1.807, 2.05) is 29.2 Å². The molecule has 0 aliphatic carbocycles. The van der Waals surface area contributed by atoms with Crippen LogP contribution in [0.4, 0.5) is 0 Å². The third kappa shape index (κ3) is 4.23. The lowest BCUT2D eigenvalue weighted by Gasteiger charge is -1.99. The van der Waals surface area contributed by atoms with E-state index in [4.69, 9.17) is 0 Å². The molecule has 1 aromatic heterocycles. The Morgan fingerprint density at radius 1 is 1.32 bits per heavy atom. The minimum atomic E-state index is -0.720. The Kier molecular flexibility index (Phi) is 4.97. The largest absolute Gasteiger partial charge is 0.342 e. The number of hydrogen-bond acceptors (Lipinski definition) is 5. The van der Waals surface area contributed by atoms with E-state index in [1.54, 1.807) is 0 Å². The zero-order chi connectivity index (χ0) is 15.9. The summed E-state index contributed by atoms with van der Waals surface area (Å²) in [5.74, 6) is -0.508. The molecule has 0 aliphatic rings. The van der Waals surface area contributed by atoms with Crippen LogP contribution in [0.15, 0.2) is 39.0 Å². The van der Waals surface area contributed by atoms with Crippen molar-refractivity contribution in [2.75, 3.05) is 0 Å². The summed E-state index contributed by atoms with van der Waals surface area (Å²) in [7, 11) is 0. The van der Waals surface area contributed by atoms with Gasteiger partial charge in [0.2, 0.25) is 5.91 Å². The van der Waals surface area contributed by atoms with Crippen LogP contribution in [0.1, 0.15) is 23.7 Å². The molecule has 8 nitrogen and oxygen atoms in total. The summed E-state index contributed by atoms with van der Waals surface area (Å²) in [5, 5.41) is 9.37. The molecule has 114 valence electrons. The monoisotopic (exact) mass is 301 g/mol. The maximum Gasteiger partial charge on any atom is 0.342 e. The lowest BCUT2D eigenvalue weighted by atomic mass is 10.1. The van der Waals surface area contributed by atoms with Gasteiger partial charge in [-0.3, -0.25) is 14.6 Å². The van der Waals surface area contributed by atoms with E-state index >= 15 is 0 Å². The number of aryl methyl sites for hydroxylation is 1. The molecular weight excluding hydrogens is 286 g/mol. The number of hydrogen-bond donors (Lipinski definition) is 3. The van der Waals surface area contributed by atoms with Gasteiger partial charge in [0.15, 0.2) is 0 Å². The van der Waals surface area contributed by atoms with Crippen molar-refractivity contribution in [1.82, 2.24) is 20.6 Å². The molecule has 0 spiro atoms.